The molecular formula is C21H20O10. The Morgan fingerprint density at radius 2 is 1.58 bits per heavy atom. The molecule has 10 heteroatoms. The van der Waals surface area contributed by atoms with Gasteiger partial charge in [-0.2, -0.15) is 0 Å². The maximum atomic E-state index is 13.1. The van der Waals surface area contributed by atoms with Crippen molar-refractivity contribution in [3.05, 3.63) is 52.4 Å². The summed E-state index contributed by atoms with van der Waals surface area (Å²) in [6.45, 7) is -0.661. The minimum atomic E-state index is -1.69. The minimum Gasteiger partial charge on any atom is -0.507 e. The van der Waals surface area contributed by atoms with Gasteiger partial charge < -0.3 is 44.9 Å². The number of hydrogen-bond donors (Lipinski definition) is 7. The van der Waals surface area contributed by atoms with E-state index < -0.39 is 54.1 Å². The molecule has 10 nitrogen and oxygen atoms in total. The van der Waals surface area contributed by atoms with Gasteiger partial charge in [-0.3, -0.25) is 4.79 Å². The van der Waals surface area contributed by atoms with Crippen LogP contribution in [0.1, 0.15) is 11.7 Å². The molecule has 2 heterocycles. The topological polar surface area (TPSA) is 181 Å². The number of aliphatic hydroxyl groups is 4. The Morgan fingerprint density at radius 3 is 2.26 bits per heavy atom. The van der Waals surface area contributed by atoms with E-state index in [0.29, 0.717) is 0 Å². The molecule has 1 fully saturated rings. The fourth-order valence-corrected chi connectivity index (χ4v) is 3.72. The molecule has 31 heavy (non-hydrogen) atoms. The Morgan fingerprint density at radius 1 is 0.871 bits per heavy atom. The van der Waals surface area contributed by atoms with Crippen LogP contribution in [0.25, 0.3) is 22.1 Å². The molecule has 0 saturated carbocycles. The first kappa shape index (κ1) is 21.1. The van der Waals surface area contributed by atoms with Gasteiger partial charge in [0.15, 0.2) is 11.5 Å². The quantitative estimate of drug-likeness (QED) is 0.280. The number of aliphatic hydroxyl groups excluding tert-OH is 4. The third kappa shape index (κ3) is 3.40. The number of phenolic OH excluding ortho intramolecular Hbond substituents is 3. The SMILES string of the molecule is O=c1c(-c2ccc(O)c(O)c2)coc2c([C@@H]3O[C@H](CO)[C@H](O)[C@@H](O)[C@H]3O)c(O)ccc12. The van der Waals surface area contributed by atoms with Crippen molar-refractivity contribution in [3.8, 4) is 28.4 Å². The molecule has 0 unspecified atom stereocenters. The van der Waals surface area contributed by atoms with E-state index in [-0.39, 0.29) is 33.4 Å². The smallest absolute Gasteiger partial charge is 0.200 e. The highest BCUT2D eigenvalue weighted by molar-refractivity contribution is 5.86. The Hall–Kier alpha value is -3.15. The van der Waals surface area contributed by atoms with Crippen LogP contribution >= 0.6 is 0 Å². The van der Waals surface area contributed by atoms with Gasteiger partial charge >= 0.3 is 0 Å². The molecule has 1 aromatic heterocycles. The summed E-state index contributed by atoms with van der Waals surface area (Å²) in [5.74, 6) is -1.18. The second kappa shape index (κ2) is 7.84. The monoisotopic (exact) mass is 432 g/mol. The van der Waals surface area contributed by atoms with Gasteiger partial charge in [-0.1, -0.05) is 6.07 Å². The van der Waals surface area contributed by atoms with Crippen molar-refractivity contribution in [2.75, 3.05) is 6.61 Å². The lowest BCUT2D eigenvalue weighted by atomic mass is 9.89. The number of benzene rings is 2. The van der Waals surface area contributed by atoms with Crippen LogP contribution in [0.15, 0.2) is 45.8 Å². The van der Waals surface area contributed by atoms with E-state index in [0.717, 1.165) is 6.26 Å². The van der Waals surface area contributed by atoms with Crippen molar-refractivity contribution < 1.29 is 44.9 Å². The summed E-state index contributed by atoms with van der Waals surface area (Å²) in [7, 11) is 0. The molecule has 1 aliphatic rings. The van der Waals surface area contributed by atoms with Crippen LogP contribution in [0.2, 0.25) is 0 Å². The Bertz CT molecular complexity index is 1180. The first-order valence-electron chi connectivity index (χ1n) is 9.34. The van der Waals surface area contributed by atoms with Crippen LogP contribution in [0.3, 0.4) is 0 Å². The molecule has 7 N–H and O–H groups in total. The minimum absolute atomic E-state index is 0.00910. The van der Waals surface area contributed by atoms with Crippen LogP contribution in [0.5, 0.6) is 17.2 Å². The summed E-state index contributed by atoms with van der Waals surface area (Å²) in [6.07, 6.45) is -6.50. The highest BCUT2D eigenvalue weighted by atomic mass is 16.5. The highest BCUT2D eigenvalue weighted by Gasteiger charge is 2.45. The number of aromatic hydroxyl groups is 3. The highest BCUT2D eigenvalue weighted by Crippen LogP contribution is 2.40. The van der Waals surface area contributed by atoms with Gasteiger partial charge in [0, 0.05) is 0 Å². The standard InChI is InChI=1S/C21H20O10/c22-6-14-17(27)18(28)19(29)21(31-14)15-12(24)4-2-9-16(26)10(7-30-20(9)15)8-1-3-11(23)13(25)5-8/h1-5,7,14,17-19,21-25,27-29H,6H2/t14-,17+,18-,19-,21+/m1/s1. The fourth-order valence-electron chi connectivity index (χ4n) is 3.72. The van der Waals surface area contributed by atoms with E-state index >= 15 is 0 Å². The predicted molar refractivity (Wildman–Crippen MR) is 106 cm³/mol. The van der Waals surface area contributed by atoms with Crippen molar-refractivity contribution in [2.45, 2.75) is 30.5 Å². The lowest BCUT2D eigenvalue weighted by molar-refractivity contribution is -0.231. The van der Waals surface area contributed by atoms with E-state index in [1.807, 2.05) is 0 Å². The zero-order valence-corrected chi connectivity index (χ0v) is 15.9. The number of rotatable bonds is 3. The van der Waals surface area contributed by atoms with Crippen LogP contribution < -0.4 is 5.43 Å². The maximum Gasteiger partial charge on any atom is 0.200 e. The Labute approximate surface area is 174 Å². The molecule has 1 aliphatic heterocycles. The van der Waals surface area contributed by atoms with Crippen molar-refractivity contribution in [1.82, 2.24) is 0 Å². The van der Waals surface area contributed by atoms with Crippen LogP contribution in [0, 0.1) is 0 Å². The van der Waals surface area contributed by atoms with E-state index in [2.05, 4.69) is 0 Å². The average Bonchev–Trinajstić information content (AvgIpc) is 2.75. The molecule has 0 aliphatic carbocycles. The lowest BCUT2D eigenvalue weighted by Crippen LogP contribution is -2.55. The molecule has 0 radical (unpaired) electrons. The zero-order chi connectivity index (χ0) is 22.4. The Balaban J connectivity index is 1.88. The largest absolute Gasteiger partial charge is 0.507 e. The van der Waals surface area contributed by atoms with Crippen LogP contribution in [-0.4, -0.2) is 66.8 Å². The summed E-state index contributed by atoms with van der Waals surface area (Å²) >= 11 is 0. The normalized spacial score (nSPS) is 26.3. The predicted octanol–water partition coefficient (Wildman–Crippen LogP) is 0.0917. The molecule has 4 rings (SSSR count). The van der Waals surface area contributed by atoms with Gasteiger partial charge in [0.1, 0.15) is 48.1 Å². The maximum absolute atomic E-state index is 13.1. The van der Waals surface area contributed by atoms with E-state index in [4.69, 9.17) is 9.15 Å². The number of hydrogen-bond acceptors (Lipinski definition) is 10. The summed E-state index contributed by atoms with van der Waals surface area (Å²) < 4.78 is 11.1. The van der Waals surface area contributed by atoms with Crippen molar-refractivity contribution in [2.24, 2.45) is 0 Å². The van der Waals surface area contributed by atoms with Crippen molar-refractivity contribution in [3.63, 3.8) is 0 Å². The zero-order valence-electron chi connectivity index (χ0n) is 15.9. The molecule has 0 spiro atoms. The van der Waals surface area contributed by atoms with E-state index in [1.54, 1.807) is 0 Å². The van der Waals surface area contributed by atoms with Gasteiger partial charge in [0.05, 0.1) is 23.1 Å². The number of phenols is 3. The van der Waals surface area contributed by atoms with Gasteiger partial charge in [-0.05, 0) is 29.8 Å². The van der Waals surface area contributed by atoms with E-state index in [1.165, 1.54) is 30.3 Å². The number of ether oxygens (including phenoxy) is 1. The van der Waals surface area contributed by atoms with Gasteiger partial charge in [0.2, 0.25) is 5.43 Å². The Kier molecular flexibility index (Phi) is 5.33. The van der Waals surface area contributed by atoms with Crippen LogP contribution in [-0.2, 0) is 4.74 Å². The van der Waals surface area contributed by atoms with Crippen molar-refractivity contribution >= 4 is 11.0 Å². The average molecular weight is 432 g/mol. The molecule has 164 valence electrons. The molecule has 3 aromatic rings. The lowest BCUT2D eigenvalue weighted by Gasteiger charge is -2.40. The van der Waals surface area contributed by atoms with E-state index in [9.17, 15) is 40.5 Å². The van der Waals surface area contributed by atoms with Gasteiger partial charge in [-0.25, -0.2) is 0 Å². The molecular weight excluding hydrogens is 412 g/mol. The molecule has 0 bridgehead atoms. The second-order valence-electron chi connectivity index (χ2n) is 7.31. The number of fused-ring (bicyclic) bond motifs is 1. The van der Waals surface area contributed by atoms with Gasteiger partial charge in [-0.15, -0.1) is 0 Å². The third-order valence-electron chi connectivity index (χ3n) is 5.42. The first-order chi connectivity index (χ1) is 14.7. The molecule has 5 atom stereocenters. The summed E-state index contributed by atoms with van der Waals surface area (Å²) in [5, 5.41) is 69.5. The van der Waals surface area contributed by atoms with Gasteiger partial charge in [0.25, 0.3) is 0 Å². The first-order valence-corrected chi connectivity index (χ1v) is 9.34. The fraction of sp³-hybridized carbons (Fsp3) is 0.286. The molecule has 1 saturated heterocycles. The summed E-state index contributed by atoms with van der Waals surface area (Å²) in [6, 6.07) is 6.30. The third-order valence-corrected chi connectivity index (χ3v) is 5.42. The van der Waals surface area contributed by atoms with Crippen LogP contribution in [0.4, 0.5) is 0 Å². The summed E-state index contributed by atoms with van der Waals surface area (Å²) in [4.78, 5) is 13.1. The summed E-state index contributed by atoms with van der Waals surface area (Å²) in [5.41, 5.74) is -0.452. The molecule has 0 amide bonds. The second-order valence-corrected chi connectivity index (χ2v) is 7.31. The van der Waals surface area contributed by atoms with Crippen molar-refractivity contribution in [1.29, 1.82) is 0 Å². The molecule has 2 aromatic carbocycles.